The first kappa shape index (κ1) is 14.0. The molecule has 1 aliphatic carbocycles. The number of rotatable bonds is 5. The second kappa shape index (κ2) is 5.28. The summed E-state index contributed by atoms with van der Waals surface area (Å²) >= 11 is 1.34. The molecule has 1 saturated carbocycles. The van der Waals surface area contributed by atoms with E-state index in [0.29, 0.717) is 29.5 Å². The van der Waals surface area contributed by atoms with Crippen molar-refractivity contribution in [3.05, 3.63) is 17.0 Å². The van der Waals surface area contributed by atoms with Gasteiger partial charge < -0.3 is 5.11 Å². The van der Waals surface area contributed by atoms with Gasteiger partial charge in [-0.1, -0.05) is 6.92 Å². The van der Waals surface area contributed by atoms with E-state index < -0.39 is 10.0 Å². The first-order valence-corrected chi connectivity index (χ1v) is 8.42. The van der Waals surface area contributed by atoms with Gasteiger partial charge in [0.05, 0.1) is 6.10 Å². The summed E-state index contributed by atoms with van der Waals surface area (Å²) in [4.78, 5) is 1.08. The van der Waals surface area contributed by atoms with Crippen molar-refractivity contribution in [1.82, 2.24) is 4.31 Å². The third-order valence-corrected chi connectivity index (χ3v) is 6.90. The van der Waals surface area contributed by atoms with E-state index in [1.165, 1.54) is 15.6 Å². The van der Waals surface area contributed by atoms with Crippen LogP contribution in [-0.4, -0.2) is 37.5 Å². The maximum Gasteiger partial charge on any atom is 0.252 e. The normalized spacial score (nSPS) is 24.2. The van der Waals surface area contributed by atoms with E-state index in [-0.39, 0.29) is 6.10 Å². The number of aryl methyl sites for hydroxylation is 1. The molecular weight excluding hydrogens is 270 g/mol. The zero-order valence-corrected chi connectivity index (χ0v) is 12.3. The molecule has 1 aliphatic rings. The van der Waals surface area contributed by atoms with Crippen LogP contribution in [0.1, 0.15) is 24.6 Å². The van der Waals surface area contributed by atoms with Crippen LogP contribution in [0, 0.1) is 5.92 Å². The van der Waals surface area contributed by atoms with E-state index in [9.17, 15) is 13.5 Å². The molecule has 1 heterocycles. The van der Waals surface area contributed by atoms with Gasteiger partial charge in [-0.15, -0.1) is 11.3 Å². The number of nitrogens with zero attached hydrogens (tertiary/aromatic N) is 1. The second-order valence-corrected chi connectivity index (χ2v) is 8.29. The van der Waals surface area contributed by atoms with Crippen molar-refractivity contribution in [1.29, 1.82) is 0 Å². The quantitative estimate of drug-likeness (QED) is 0.897. The van der Waals surface area contributed by atoms with Crippen molar-refractivity contribution in [2.45, 2.75) is 36.5 Å². The van der Waals surface area contributed by atoms with Crippen molar-refractivity contribution in [2.75, 3.05) is 13.6 Å². The molecule has 0 aromatic carbocycles. The molecule has 2 rings (SSSR count). The Morgan fingerprint density at radius 2 is 2.11 bits per heavy atom. The lowest BCUT2D eigenvalue weighted by Gasteiger charge is -2.33. The fourth-order valence-corrected chi connectivity index (χ4v) is 4.91. The van der Waals surface area contributed by atoms with Crippen molar-refractivity contribution in [3.63, 3.8) is 0 Å². The molecule has 6 heteroatoms. The summed E-state index contributed by atoms with van der Waals surface area (Å²) < 4.78 is 26.4. The van der Waals surface area contributed by atoms with Gasteiger partial charge in [-0.25, -0.2) is 8.42 Å². The zero-order chi connectivity index (χ0) is 13.3. The van der Waals surface area contributed by atoms with Gasteiger partial charge in [0.25, 0.3) is 10.0 Å². The highest BCUT2D eigenvalue weighted by atomic mass is 32.2. The average Bonchev–Trinajstić information content (AvgIpc) is 2.75. The largest absolute Gasteiger partial charge is 0.393 e. The van der Waals surface area contributed by atoms with Gasteiger partial charge in [0, 0.05) is 18.5 Å². The second-order valence-electron chi connectivity index (χ2n) is 4.85. The lowest BCUT2D eigenvalue weighted by atomic mass is 9.82. The summed E-state index contributed by atoms with van der Waals surface area (Å²) in [5, 5.41) is 9.22. The SMILES string of the molecule is CCc1ccc(S(=O)(=O)N(C)CC2CC(O)C2)s1. The number of hydrogen-bond donors (Lipinski definition) is 1. The molecule has 0 unspecified atom stereocenters. The Kier molecular flexibility index (Phi) is 4.11. The maximum atomic E-state index is 12.3. The molecule has 0 atom stereocenters. The van der Waals surface area contributed by atoms with Crippen molar-refractivity contribution < 1.29 is 13.5 Å². The lowest BCUT2D eigenvalue weighted by molar-refractivity contribution is 0.0367. The predicted molar refractivity (Wildman–Crippen MR) is 72.2 cm³/mol. The first-order valence-electron chi connectivity index (χ1n) is 6.16. The van der Waals surface area contributed by atoms with Crippen LogP contribution in [-0.2, 0) is 16.4 Å². The molecular formula is C12H19NO3S2. The van der Waals surface area contributed by atoms with Crippen LogP contribution in [0.25, 0.3) is 0 Å². The molecule has 0 radical (unpaired) electrons. The van der Waals surface area contributed by atoms with E-state index in [4.69, 9.17) is 0 Å². The van der Waals surface area contributed by atoms with Gasteiger partial charge in [0.15, 0.2) is 0 Å². The Morgan fingerprint density at radius 3 is 2.61 bits per heavy atom. The van der Waals surface area contributed by atoms with Crippen molar-refractivity contribution in [2.24, 2.45) is 5.92 Å². The number of sulfonamides is 1. The van der Waals surface area contributed by atoms with E-state index in [1.807, 2.05) is 13.0 Å². The maximum absolute atomic E-state index is 12.3. The van der Waals surface area contributed by atoms with Gasteiger partial charge in [-0.2, -0.15) is 4.31 Å². The van der Waals surface area contributed by atoms with Gasteiger partial charge in [-0.05, 0) is 37.3 Å². The number of aliphatic hydroxyl groups is 1. The number of aliphatic hydroxyl groups excluding tert-OH is 1. The first-order chi connectivity index (χ1) is 8.43. The van der Waals surface area contributed by atoms with Crippen LogP contribution in [0.3, 0.4) is 0 Å². The summed E-state index contributed by atoms with van der Waals surface area (Å²) in [7, 11) is -1.73. The standard InChI is InChI=1S/C12H19NO3S2/c1-3-11-4-5-12(17-11)18(15,16)13(2)8-9-6-10(14)7-9/h4-5,9-10,14H,3,6-8H2,1-2H3. The molecule has 102 valence electrons. The van der Waals surface area contributed by atoms with Gasteiger partial charge in [-0.3, -0.25) is 0 Å². The van der Waals surface area contributed by atoms with E-state index >= 15 is 0 Å². The summed E-state index contributed by atoms with van der Waals surface area (Å²) in [6.07, 6.45) is 2.05. The Bertz CT molecular complexity index is 503. The molecule has 4 nitrogen and oxygen atoms in total. The molecule has 0 saturated heterocycles. The Balaban J connectivity index is 2.05. The van der Waals surface area contributed by atoms with Crippen LogP contribution >= 0.6 is 11.3 Å². The van der Waals surface area contributed by atoms with E-state index in [2.05, 4.69) is 0 Å². The van der Waals surface area contributed by atoms with Crippen LogP contribution in [0.4, 0.5) is 0 Å². The summed E-state index contributed by atoms with van der Waals surface area (Å²) in [6, 6.07) is 3.56. The number of thiophene rings is 1. The molecule has 0 spiro atoms. The Morgan fingerprint density at radius 1 is 1.44 bits per heavy atom. The minimum Gasteiger partial charge on any atom is -0.393 e. The molecule has 1 N–H and O–H groups in total. The van der Waals surface area contributed by atoms with E-state index in [0.717, 1.165) is 11.3 Å². The summed E-state index contributed by atoms with van der Waals surface area (Å²) in [5.41, 5.74) is 0. The third kappa shape index (κ3) is 2.77. The van der Waals surface area contributed by atoms with Crippen LogP contribution < -0.4 is 0 Å². The molecule has 18 heavy (non-hydrogen) atoms. The molecule has 0 amide bonds. The van der Waals surface area contributed by atoms with Gasteiger partial charge in [0.2, 0.25) is 0 Å². The monoisotopic (exact) mass is 289 g/mol. The lowest BCUT2D eigenvalue weighted by Crippen LogP contribution is -2.39. The van der Waals surface area contributed by atoms with Crippen LogP contribution in [0.2, 0.25) is 0 Å². The summed E-state index contributed by atoms with van der Waals surface area (Å²) in [5.74, 6) is 0.297. The van der Waals surface area contributed by atoms with Crippen LogP contribution in [0.5, 0.6) is 0 Å². The highest BCUT2D eigenvalue weighted by Gasteiger charge is 2.32. The minimum atomic E-state index is -3.35. The number of hydrogen-bond acceptors (Lipinski definition) is 4. The van der Waals surface area contributed by atoms with Gasteiger partial charge in [0.1, 0.15) is 4.21 Å². The fraction of sp³-hybridized carbons (Fsp3) is 0.667. The molecule has 0 aliphatic heterocycles. The minimum absolute atomic E-state index is 0.237. The molecule has 1 aromatic rings. The molecule has 1 fully saturated rings. The van der Waals surface area contributed by atoms with E-state index in [1.54, 1.807) is 13.1 Å². The topological polar surface area (TPSA) is 57.6 Å². The fourth-order valence-electron chi connectivity index (χ4n) is 2.15. The Labute approximate surface area is 112 Å². The van der Waals surface area contributed by atoms with Gasteiger partial charge >= 0.3 is 0 Å². The molecule has 1 aromatic heterocycles. The molecule has 0 bridgehead atoms. The highest BCUT2D eigenvalue weighted by Crippen LogP contribution is 2.30. The third-order valence-electron chi connectivity index (χ3n) is 3.38. The average molecular weight is 289 g/mol. The van der Waals surface area contributed by atoms with Crippen LogP contribution in [0.15, 0.2) is 16.3 Å². The van der Waals surface area contributed by atoms with Crippen molar-refractivity contribution >= 4 is 21.4 Å². The zero-order valence-electron chi connectivity index (χ0n) is 10.7. The predicted octanol–water partition coefficient (Wildman–Crippen LogP) is 1.70. The van der Waals surface area contributed by atoms with Crippen molar-refractivity contribution in [3.8, 4) is 0 Å². The summed E-state index contributed by atoms with van der Waals surface area (Å²) in [6.45, 7) is 2.51. The Hall–Kier alpha value is -0.430. The smallest absolute Gasteiger partial charge is 0.252 e. The highest BCUT2D eigenvalue weighted by molar-refractivity contribution is 7.91.